The van der Waals surface area contributed by atoms with Gasteiger partial charge in [0, 0.05) is 13.1 Å². The number of nitriles is 1. The third-order valence-corrected chi connectivity index (χ3v) is 4.95. The van der Waals surface area contributed by atoms with Crippen molar-refractivity contribution in [2.75, 3.05) is 26.3 Å². The highest BCUT2D eigenvalue weighted by Gasteiger charge is 2.48. The standard InChI is InChI=1S/C18H25FN2O3.C2H6/c1-17(2)12-24-10-9-21(8-4-5-13(11-20)15(17)22)16(23)14-6-7-18(14,3)19;1-2/h5,14H,4,6-10,12H2,1-3H3;1-2H3/b13-5-;. The van der Waals surface area contributed by atoms with Crippen molar-refractivity contribution in [3.05, 3.63) is 11.6 Å². The molecule has 2 aliphatic rings. The minimum Gasteiger partial charge on any atom is -0.379 e. The number of alkyl halides is 1. The Labute approximate surface area is 156 Å². The van der Waals surface area contributed by atoms with Crippen molar-refractivity contribution in [1.29, 1.82) is 5.26 Å². The van der Waals surface area contributed by atoms with E-state index in [-0.39, 0.29) is 23.9 Å². The van der Waals surface area contributed by atoms with Crippen molar-refractivity contribution in [2.45, 2.75) is 59.5 Å². The molecule has 1 amide bonds. The molecule has 0 radical (unpaired) electrons. The first kappa shape index (κ1) is 22.3. The van der Waals surface area contributed by atoms with Crippen LogP contribution in [0, 0.1) is 22.7 Å². The molecule has 0 aromatic rings. The Morgan fingerprint density at radius 2 is 2.00 bits per heavy atom. The van der Waals surface area contributed by atoms with Crippen molar-refractivity contribution >= 4 is 11.7 Å². The number of hydrogen-bond acceptors (Lipinski definition) is 4. The van der Waals surface area contributed by atoms with Crippen LogP contribution in [-0.4, -0.2) is 48.6 Å². The first-order valence-corrected chi connectivity index (χ1v) is 9.39. The topological polar surface area (TPSA) is 70.4 Å². The van der Waals surface area contributed by atoms with Crippen LogP contribution in [0.15, 0.2) is 11.6 Å². The summed E-state index contributed by atoms with van der Waals surface area (Å²) in [6, 6.07) is 1.94. The van der Waals surface area contributed by atoms with Gasteiger partial charge in [0.05, 0.1) is 30.1 Å². The molecule has 2 rings (SSSR count). The number of halogens is 1. The van der Waals surface area contributed by atoms with Crippen LogP contribution in [0.3, 0.4) is 0 Å². The summed E-state index contributed by atoms with van der Waals surface area (Å²) in [5.74, 6) is -1.05. The summed E-state index contributed by atoms with van der Waals surface area (Å²) in [6.07, 6.45) is 2.94. The van der Waals surface area contributed by atoms with Gasteiger partial charge in [-0.25, -0.2) is 4.39 Å². The number of ether oxygens (including phenoxy) is 1. The molecule has 6 heteroatoms. The zero-order valence-electron chi connectivity index (χ0n) is 16.6. The van der Waals surface area contributed by atoms with Gasteiger partial charge in [-0.05, 0) is 26.2 Å². The van der Waals surface area contributed by atoms with Crippen molar-refractivity contribution in [3.8, 4) is 6.07 Å². The van der Waals surface area contributed by atoms with E-state index >= 15 is 0 Å². The number of Topliss-reactive ketones (excluding diaryl/α,β-unsaturated/α-hetero) is 1. The van der Waals surface area contributed by atoms with Gasteiger partial charge in [0.1, 0.15) is 11.7 Å². The molecule has 146 valence electrons. The highest BCUT2D eigenvalue weighted by molar-refractivity contribution is 6.02. The van der Waals surface area contributed by atoms with Crippen LogP contribution in [0.25, 0.3) is 0 Å². The fraction of sp³-hybridized carbons (Fsp3) is 0.750. The van der Waals surface area contributed by atoms with Crippen LogP contribution in [0.4, 0.5) is 4.39 Å². The quantitative estimate of drug-likeness (QED) is 0.713. The highest BCUT2D eigenvalue weighted by atomic mass is 19.1. The number of ketones is 1. The van der Waals surface area contributed by atoms with Gasteiger partial charge >= 0.3 is 0 Å². The average molecular weight is 366 g/mol. The SMILES string of the molecule is CC.CC1(C)COCCN(C(=O)C2CCC2(C)F)CC/C=C(/C#N)C1=O. The van der Waals surface area contributed by atoms with E-state index in [1.807, 2.05) is 19.9 Å². The van der Waals surface area contributed by atoms with Gasteiger partial charge in [0.2, 0.25) is 5.91 Å². The van der Waals surface area contributed by atoms with Gasteiger partial charge in [-0.3, -0.25) is 9.59 Å². The van der Waals surface area contributed by atoms with Crippen LogP contribution in [0.5, 0.6) is 0 Å². The Morgan fingerprint density at radius 3 is 2.50 bits per heavy atom. The average Bonchev–Trinajstić information content (AvgIpc) is 2.62. The molecule has 1 aliphatic heterocycles. The maximum atomic E-state index is 14.2. The molecular formula is C20H31FN2O3. The fourth-order valence-corrected chi connectivity index (χ4v) is 3.11. The fourth-order valence-electron chi connectivity index (χ4n) is 3.11. The molecule has 1 aliphatic carbocycles. The van der Waals surface area contributed by atoms with Crippen LogP contribution >= 0.6 is 0 Å². The maximum absolute atomic E-state index is 14.2. The molecule has 0 aromatic carbocycles. The summed E-state index contributed by atoms with van der Waals surface area (Å²) in [7, 11) is 0. The molecule has 2 unspecified atom stereocenters. The Morgan fingerprint density at radius 1 is 1.35 bits per heavy atom. The number of nitrogens with zero attached hydrogens (tertiary/aromatic N) is 2. The lowest BCUT2D eigenvalue weighted by Gasteiger charge is -2.41. The second-order valence-electron chi connectivity index (χ2n) is 7.48. The van der Waals surface area contributed by atoms with E-state index in [1.54, 1.807) is 24.8 Å². The molecular weight excluding hydrogens is 335 g/mol. The van der Waals surface area contributed by atoms with Crippen molar-refractivity contribution in [2.24, 2.45) is 11.3 Å². The normalized spacial score (nSPS) is 31.1. The molecule has 5 nitrogen and oxygen atoms in total. The number of amides is 1. The zero-order valence-corrected chi connectivity index (χ0v) is 16.6. The first-order valence-electron chi connectivity index (χ1n) is 9.39. The second-order valence-corrected chi connectivity index (χ2v) is 7.48. The summed E-state index contributed by atoms with van der Waals surface area (Å²) in [4.78, 5) is 26.6. The van der Waals surface area contributed by atoms with Crippen LogP contribution in [0.2, 0.25) is 0 Å². The summed E-state index contributed by atoms with van der Waals surface area (Å²) < 4.78 is 19.7. The number of carbonyl (C=O) groups is 2. The van der Waals surface area contributed by atoms with E-state index in [2.05, 4.69) is 0 Å². The Balaban J connectivity index is 0.00000163. The monoisotopic (exact) mass is 366 g/mol. The lowest BCUT2D eigenvalue weighted by molar-refractivity contribution is -0.149. The van der Waals surface area contributed by atoms with Gasteiger partial charge < -0.3 is 9.64 Å². The molecule has 0 saturated heterocycles. The van der Waals surface area contributed by atoms with E-state index in [1.165, 1.54) is 6.92 Å². The summed E-state index contributed by atoms with van der Waals surface area (Å²) in [5, 5.41) is 9.21. The number of hydrogen-bond donors (Lipinski definition) is 0. The predicted molar refractivity (Wildman–Crippen MR) is 98.1 cm³/mol. The molecule has 2 atom stereocenters. The lowest BCUT2D eigenvalue weighted by Crippen LogP contribution is -2.51. The van der Waals surface area contributed by atoms with E-state index in [9.17, 15) is 19.2 Å². The minimum absolute atomic E-state index is 0.0943. The van der Waals surface area contributed by atoms with Crippen molar-refractivity contribution in [3.63, 3.8) is 0 Å². The van der Waals surface area contributed by atoms with Gasteiger partial charge in [-0.15, -0.1) is 0 Å². The van der Waals surface area contributed by atoms with E-state index in [4.69, 9.17) is 4.74 Å². The minimum atomic E-state index is -1.43. The molecule has 1 fully saturated rings. The van der Waals surface area contributed by atoms with Gasteiger partial charge in [-0.1, -0.05) is 33.8 Å². The van der Waals surface area contributed by atoms with Crippen LogP contribution in [-0.2, 0) is 14.3 Å². The summed E-state index contributed by atoms with van der Waals surface area (Å²) >= 11 is 0. The largest absolute Gasteiger partial charge is 0.379 e. The van der Waals surface area contributed by atoms with E-state index in [0.29, 0.717) is 39.0 Å². The number of allylic oxidation sites excluding steroid dienone is 1. The lowest BCUT2D eigenvalue weighted by atomic mass is 9.71. The Hall–Kier alpha value is -1.74. The third-order valence-electron chi connectivity index (χ3n) is 4.95. The Kier molecular flexibility index (Phi) is 7.95. The molecule has 0 spiro atoms. The van der Waals surface area contributed by atoms with Gasteiger partial charge in [0.15, 0.2) is 5.78 Å². The zero-order chi connectivity index (χ0) is 20.0. The smallest absolute Gasteiger partial charge is 0.228 e. The van der Waals surface area contributed by atoms with Crippen molar-refractivity contribution in [1.82, 2.24) is 4.90 Å². The first-order chi connectivity index (χ1) is 12.2. The predicted octanol–water partition coefficient (Wildman–Crippen LogP) is 3.44. The highest BCUT2D eigenvalue weighted by Crippen LogP contribution is 2.42. The summed E-state index contributed by atoms with van der Waals surface area (Å²) in [6.45, 7) is 10.1. The van der Waals surface area contributed by atoms with Gasteiger partial charge in [-0.2, -0.15) is 5.26 Å². The maximum Gasteiger partial charge on any atom is 0.228 e. The van der Waals surface area contributed by atoms with E-state index in [0.717, 1.165) is 0 Å². The molecule has 0 aromatic heterocycles. The van der Waals surface area contributed by atoms with E-state index < -0.39 is 17.0 Å². The molecule has 0 bridgehead atoms. The van der Waals surface area contributed by atoms with Crippen LogP contribution in [0.1, 0.15) is 53.9 Å². The molecule has 26 heavy (non-hydrogen) atoms. The van der Waals surface area contributed by atoms with Gasteiger partial charge in [0.25, 0.3) is 0 Å². The molecule has 1 saturated carbocycles. The number of rotatable bonds is 1. The summed E-state index contributed by atoms with van der Waals surface area (Å²) in [5.41, 5.74) is -2.13. The second kappa shape index (κ2) is 9.27. The molecule has 0 N–H and O–H groups in total. The number of carbonyl (C=O) groups excluding carboxylic acids is 2. The Bertz CT molecular complexity index is 590. The molecule has 1 heterocycles. The van der Waals surface area contributed by atoms with Crippen LogP contribution < -0.4 is 0 Å². The third kappa shape index (κ3) is 5.14. The van der Waals surface area contributed by atoms with Crippen molar-refractivity contribution < 1.29 is 18.7 Å².